The highest BCUT2D eigenvalue weighted by Crippen LogP contribution is 2.19. The van der Waals surface area contributed by atoms with E-state index in [1.807, 2.05) is 38.1 Å². The number of rotatable bonds is 5. The smallest absolute Gasteiger partial charge is 0.317 e. The first-order valence-corrected chi connectivity index (χ1v) is 8.38. The summed E-state index contributed by atoms with van der Waals surface area (Å²) in [4.78, 5) is 14.1. The van der Waals surface area contributed by atoms with Gasteiger partial charge in [-0.1, -0.05) is 12.1 Å². The molecule has 0 spiro atoms. The van der Waals surface area contributed by atoms with E-state index in [0.29, 0.717) is 13.2 Å². The van der Waals surface area contributed by atoms with E-state index in [-0.39, 0.29) is 24.1 Å². The minimum atomic E-state index is -0.368. The lowest BCUT2D eigenvalue weighted by Gasteiger charge is -2.34. The fourth-order valence-electron chi connectivity index (χ4n) is 2.86. The number of carbonyl (C=O) groups excluding carboxylic acids is 1. The van der Waals surface area contributed by atoms with Crippen molar-refractivity contribution in [3.63, 3.8) is 0 Å². The van der Waals surface area contributed by atoms with Gasteiger partial charge in [-0.05, 0) is 51.3 Å². The number of urea groups is 1. The first-order valence-electron chi connectivity index (χ1n) is 8.38. The van der Waals surface area contributed by atoms with E-state index in [9.17, 15) is 9.90 Å². The molecule has 0 aliphatic carbocycles. The van der Waals surface area contributed by atoms with Gasteiger partial charge in [-0.15, -0.1) is 0 Å². The quantitative estimate of drug-likeness (QED) is 0.876. The highest BCUT2D eigenvalue weighted by Gasteiger charge is 2.26. The van der Waals surface area contributed by atoms with Crippen LogP contribution in [-0.4, -0.2) is 47.9 Å². The second-order valence-corrected chi connectivity index (χ2v) is 6.57. The molecule has 2 amide bonds. The van der Waals surface area contributed by atoms with Gasteiger partial charge in [-0.3, -0.25) is 0 Å². The Morgan fingerprint density at radius 2 is 2.26 bits per heavy atom. The molecule has 3 atom stereocenters. The van der Waals surface area contributed by atoms with E-state index >= 15 is 0 Å². The molecule has 5 nitrogen and oxygen atoms in total. The standard InChI is InChI=1S/C18H28N2O3/c1-13-6-4-8-17(10-13)23-12-14(2)19-18(22)20-9-5-7-16(11-20)15(3)21/h4,6,8,10,14-16,21H,5,7,9,11-12H2,1-3H3,(H,19,22). The average Bonchev–Trinajstić information content (AvgIpc) is 2.53. The largest absolute Gasteiger partial charge is 0.491 e. The normalized spacial score (nSPS) is 20.7. The summed E-state index contributed by atoms with van der Waals surface area (Å²) in [6.45, 7) is 7.56. The second-order valence-electron chi connectivity index (χ2n) is 6.57. The Labute approximate surface area is 138 Å². The number of benzene rings is 1. The van der Waals surface area contributed by atoms with Crippen molar-refractivity contribution in [2.24, 2.45) is 5.92 Å². The maximum Gasteiger partial charge on any atom is 0.317 e. The molecule has 2 rings (SSSR count). The minimum Gasteiger partial charge on any atom is -0.491 e. The molecule has 1 aliphatic rings. The van der Waals surface area contributed by atoms with Gasteiger partial charge in [-0.25, -0.2) is 4.79 Å². The van der Waals surface area contributed by atoms with Crippen molar-refractivity contribution in [1.82, 2.24) is 10.2 Å². The van der Waals surface area contributed by atoms with Crippen LogP contribution < -0.4 is 10.1 Å². The molecule has 1 aliphatic heterocycles. The number of carbonyl (C=O) groups is 1. The van der Waals surface area contributed by atoms with E-state index in [1.165, 1.54) is 0 Å². The molecule has 0 radical (unpaired) electrons. The molecule has 1 heterocycles. The van der Waals surface area contributed by atoms with Crippen molar-refractivity contribution >= 4 is 6.03 Å². The lowest BCUT2D eigenvalue weighted by molar-refractivity contribution is 0.0729. The zero-order chi connectivity index (χ0) is 16.8. The molecular formula is C18H28N2O3. The SMILES string of the molecule is Cc1cccc(OCC(C)NC(=O)N2CCCC(C(C)O)C2)c1. The average molecular weight is 320 g/mol. The molecule has 0 saturated carbocycles. The topological polar surface area (TPSA) is 61.8 Å². The number of nitrogens with zero attached hydrogens (tertiary/aromatic N) is 1. The van der Waals surface area contributed by atoms with Gasteiger partial charge >= 0.3 is 6.03 Å². The molecular weight excluding hydrogens is 292 g/mol. The van der Waals surface area contributed by atoms with Crippen LogP contribution in [0.4, 0.5) is 4.79 Å². The van der Waals surface area contributed by atoms with Crippen LogP contribution in [0.3, 0.4) is 0 Å². The number of ether oxygens (including phenoxy) is 1. The summed E-state index contributed by atoms with van der Waals surface area (Å²) in [5.41, 5.74) is 1.15. The summed E-state index contributed by atoms with van der Waals surface area (Å²) in [6.07, 6.45) is 1.55. The van der Waals surface area contributed by atoms with E-state index in [2.05, 4.69) is 5.32 Å². The molecule has 23 heavy (non-hydrogen) atoms. The van der Waals surface area contributed by atoms with Gasteiger partial charge in [0.05, 0.1) is 12.1 Å². The van der Waals surface area contributed by atoms with Crippen LogP contribution in [0.5, 0.6) is 5.75 Å². The number of amides is 2. The van der Waals surface area contributed by atoms with Gasteiger partial charge in [0.15, 0.2) is 0 Å². The van der Waals surface area contributed by atoms with E-state index in [4.69, 9.17) is 4.74 Å². The summed E-state index contributed by atoms with van der Waals surface area (Å²) >= 11 is 0. The molecule has 0 aromatic heterocycles. The molecule has 1 aromatic carbocycles. The van der Waals surface area contributed by atoms with Gasteiger partial charge < -0.3 is 20.1 Å². The Bertz CT molecular complexity index is 519. The van der Waals surface area contributed by atoms with Crippen molar-refractivity contribution < 1.29 is 14.6 Å². The van der Waals surface area contributed by atoms with Crippen LogP contribution in [-0.2, 0) is 0 Å². The van der Waals surface area contributed by atoms with Crippen molar-refractivity contribution in [2.45, 2.75) is 45.8 Å². The fourth-order valence-corrected chi connectivity index (χ4v) is 2.86. The summed E-state index contributed by atoms with van der Waals surface area (Å²) < 4.78 is 5.72. The summed E-state index contributed by atoms with van der Waals surface area (Å²) in [7, 11) is 0. The Morgan fingerprint density at radius 1 is 1.48 bits per heavy atom. The third kappa shape index (κ3) is 5.43. The highest BCUT2D eigenvalue weighted by atomic mass is 16.5. The molecule has 1 saturated heterocycles. The predicted molar refractivity (Wildman–Crippen MR) is 90.6 cm³/mol. The Balaban J connectivity index is 1.78. The summed E-state index contributed by atoms with van der Waals surface area (Å²) in [5.74, 6) is 0.992. The first kappa shape index (κ1) is 17.6. The maximum absolute atomic E-state index is 12.3. The number of aliphatic hydroxyl groups is 1. The molecule has 1 fully saturated rings. The van der Waals surface area contributed by atoms with E-state index < -0.39 is 0 Å². The fraction of sp³-hybridized carbons (Fsp3) is 0.611. The van der Waals surface area contributed by atoms with Crippen LogP contribution in [0, 0.1) is 12.8 Å². The minimum absolute atomic E-state index is 0.0734. The lowest BCUT2D eigenvalue weighted by Crippen LogP contribution is -2.50. The third-order valence-corrected chi connectivity index (χ3v) is 4.29. The Morgan fingerprint density at radius 3 is 2.96 bits per heavy atom. The number of aliphatic hydroxyl groups excluding tert-OH is 1. The molecule has 128 valence electrons. The van der Waals surface area contributed by atoms with Crippen LogP contribution in [0.2, 0.25) is 0 Å². The monoisotopic (exact) mass is 320 g/mol. The van der Waals surface area contributed by atoms with Crippen molar-refractivity contribution in [2.75, 3.05) is 19.7 Å². The molecule has 0 bridgehead atoms. The maximum atomic E-state index is 12.3. The zero-order valence-electron chi connectivity index (χ0n) is 14.3. The van der Waals surface area contributed by atoms with Gasteiger partial charge in [0.2, 0.25) is 0 Å². The van der Waals surface area contributed by atoms with Crippen LogP contribution in [0.25, 0.3) is 0 Å². The van der Waals surface area contributed by atoms with Crippen molar-refractivity contribution in [1.29, 1.82) is 0 Å². The number of nitrogens with one attached hydrogen (secondary N) is 1. The van der Waals surface area contributed by atoms with Gasteiger partial charge in [0.1, 0.15) is 12.4 Å². The highest BCUT2D eigenvalue weighted by molar-refractivity contribution is 5.74. The van der Waals surface area contributed by atoms with E-state index in [1.54, 1.807) is 11.8 Å². The second kappa shape index (κ2) is 8.20. The summed E-state index contributed by atoms with van der Waals surface area (Å²) in [5, 5.41) is 12.7. The zero-order valence-corrected chi connectivity index (χ0v) is 14.3. The van der Waals surface area contributed by atoms with Gasteiger partial charge in [0.25, 0.3) is 0 Å². The van der Waals surface area contributed by atoms with Crippen LogP contribution in [0.15, 0.2) is 24.3 Å². The van der Waals surface area contributed by atoms with Gasteiger partial charge in [-0.2, -0.15) is 0 Å². The van der Waals surface area contributed by atoms with Crippen LogP contribution >= 0.6 is 0 Å². The number of piperidine rings is 1. The first-order chi connectivity index (χ1) is 11.0. The molecule has 5 heteroatoms. The van der Waals surface area contributed by atoms with Gasteiger partial charge in [0, 0.05) is 19.0 Å². The van der Waals surface area contributed by atoms with Crippen molar-refractivity contribution in [3.05, 3.63) is 29.8 Å². The van der Waals surface area contributed by atoms with Crippen LogP contribution in [0.1, 0.15) is 32.3 Å². The number of likely N-dealkylation sites (tertiary alicyclic amines) is 1. The molecule has 1 aromatic rings. The number of hydrogen-bond acceptors (Lipinski definition) is 3. The number of aryl methyl sites for hydroxylation is 1. The van der Waals surface area contributed by atoms with E-state index in [0.717, 1.165) is 30.7 Å². The predicted octanol–water partition coefficient (Wildman–Crippen LogP) is 2.56. The van der Waals surface area contributed by atoms with Crippen molar-refractivity contribution in [3.8, 4) is 5.75 Å². The lowest BCUT2D eigenvalue weighted by atomic mass is 9.94. The third-order valence-electron chi connectivity index (χ3n) is 4.29. The molecule has 2 N–H and O–H groups in total. The number of hydrogen-bond donors (Lipinski definition) is 2. The Kier molecular flexibility index (Phi) is 6.28. The molecule has 3 unspecified atom stereocenters. The Hall–Kier alpha value is -1.75. The summed E-state index contributed by atoms with van der Waals surface area (Å²) in [6, 6.07) is 7.72.